The van der Waals surface area contributed by atoms with Crippen molar-refractivity contribution in [3.8, 4) is 0 Å². The Morgan fingerprint density at radius 2 is 2.00 bits per heavy atom. The lowest BCUT2D eigenvalue weighted by molar-refractivity contribution is -0.137. The number of hydrogen-bond acceptors (Lipinski definition) is 2. The molecule has 5 heteroatoms. The van der Waals surface area contributed by atoms with Crippen molar-refractivity contribution in [3.63, 3.8) is 0 Å². The van der Waals surface area contributed by atoms with Crippen LogP contribution in [0.4, 0.5) is 8.78 Å². The van der Waals surface area contributed by atoms with Gasteiger partial charge in [0.15, 0.2) is 0 Å². The smallest absolute Gasteiger partial charge is 0.330 e. The van der Waals surface area contributed by atoms with Gasteiger partial charge in [-0.25, -0.2) is 13.6 Å². The van der Waals surface area contributed by atoms with Crippen LogP contribution >= 0.6 is 22.6 Å². The van der Waals surface area contributed by atoms with E-state index in [2.05, 4.69) is 4.74 Å². The topological polar surface area (TPSA) is 26.3 Å². The summed E-state index contributed by atoms with van der Waals surface area (Å²) in [5.41, 5.74) is 0.281. The zero-order valence-corrected chi connectivity index (χ0v) is 10.6. The van der Waals surface area contributed by atoms with Gasteiger partial charge in [-0.3, -0.25) is 0 Å². The van der Waals surface area contributed by atoms with Crippen LogP contribution in [0.25, 0.3) is 6.08 Å². The highest BCUT2D eigenvalue weighted by Crippen LogP contribution is 2.18. The van der Waals surface area contributed by atoms with Gasteiger partial charge in [0.05, 0.1) is 10.2 Å². The van der Waals surface area contributed by atoms with E-state index in [4.69, 9.17) is 0 Å². The molecule has 0 unspecified atom stereocenters. The van der Waals surface area contributed by atoms with Crippen LogP contribution < -0.4 is 0 Å². The van der Waals surface area contributed by atoms with Gasteiger partial charge >= 0.3 is 5.97 Å². The Balaban J connectivity index is 2.86. The molecule has 1 aromatic carbocycles. The molecule has 2 nitrogen and oxygen atoms in total. The fraction of sp³-hybridized carbons (Fsp3) is 0.182. The van der Waals surface area contributed by atoms with Crippen molar-refractivity contribution < 1.29 is 18.3 Å². The van der Waals surface area contributed by atoms with Crippen LogP contribution in [0.15, 0.2) is 18.2 Å². The van der Waals surface area contributed by atoms with Gasteiger partial charge in [0.25, 0.3) is 0 Å². The van der Waals surface area contributed by atoms with Crippen LogP contribution in [-0.2, 0) is 9.53 Å². The number of ether oxygens (including phenoxy) is 1. The molecule has 0 aliphatic rings. The van der Waals surface area contributed by atoms with Crippen molar-refractivity contribution in [3.05, 3.63) is 39.0 Å². The van der Waals surface area contributed by atoms with Crippen molar-refractivity contribution in [1.82, 2.24) is 0 Å². The highest BCUT2D eigenvalue weighted by atomic mass is 127. The maximum Gasteiger partial charge on any atom is 0.330 e. The molecule has 0 atom stereocenters. The second-order valence-electron chi connectivity index (χ2n) is 2.88. The van der Waals surface area contributed by atoms with E-state index in [-0.39, 0.29) is 15.7 Å². The summed E-state index contributed by atoms with van der Waals surface area (Å²) in [5, 5.41) is 0. The average molecular weight is 338 g/mol. The minimum atomic E-state index is -0.649. The molecule has 0 spiro atoms. The molecule has 0 aliphatic carbocycles. The van der Waals surface area contributed by atoms with Crippen LogP contribution in [0.3, 0.4) is 0 Å². The third kappa shape index (κ3) is 3.55. The van der Waals surface area contributed by atoms with E-state index in [0.717, 1.165) is 18.2 Å². The van der Waals surface area contributed by atoms with Gasteiger partial charge in [0.2, 0.25) is 0 Å². The summed E-state index contributed by atoms with van der Waals surface area (Å²) in [7, 11) is 0. The lowest BCUT2D eigenvalue weighted by Crippen LogP contribution is -1.98. The number of carbonyl (C=O) groups excluding carboxylic acids is 1. The van der Waals surface area contributed by atoms with Crippen LogP contribution in [0.1, 0.15) is 12.5 Å². The largest absolute Gasteiger partial charge is 0.463 e. The molecular formula is C11H9F2IO2. The molecular weight excluding hydrogens is 329 g/mol. The van der Waals surface area contributed by atoms with Crippen LogP contribution in [0.5, 0.6) is 0 Å². The minimum absolute atomic E-state index is 0.0640. The first-order valence-electron chi connectivity index (χ1n) is 4.54. The molecule has 0 aliphatic heterocycles. The second-order valence-corrected chi connectivity index (χ2v) is 3.96. The second kappa shape index (κ2) is 5.93. The van der Waals surface area contributed by atoms with Gasteiger partial charge in [-0.2, -0.15) is 0 Å². The number of rotatable bonds is 3. The number of hydrogen-bond donors (Lipinski definition) is 0. The zero-order valence-electron chi connectivity index (χ0n) is 8.47. The Hall–Kier alpha value is -0.980. The van der Waals surface area contributed by atoms with E-state index < -0.39 is 17.6 Å². The quantitative estimate of drug-likeness (QED) is 0.366. The molecule has 0 N–H and O–H groups in total. The average Bonchev–Trinajstić information content (AvgIpc) is 2.23. The Morgan fingerprint density at radius 3 is 2.50 bits per heavy atom. The maximum atomic E-state index is 13.1. The highest BCUT2D eigenvalue weighted by Gasteiger charge is 2.06. The fourth-order valence-electron chi connectivity index (χ4n) is 1.03. The van der Waals surface area contributed by atoms with Crippen LogP contribution in [0, 0.1) is 15.2 Å². The summed E-state index contributed by atoms with van der Waals surface area (Å²) in [6.45, 7) is 1.94. The van der Waals surface area contributed by atoms with Gasteiger partial charge in [0, 0.05) is 6.08 Å². The van der Waals surface area contributed by atoms with Gasteiger partial charge < -0.3 is 4.74 Å². The summed E-state index contributed by atoms with van der Waals surface area (Å²) in [4.78, 5) is 11.0. The molecule has 0 saturated carbocycles. The van der Waals surface area contributed by atoms with Crippen molar-refractivity contribution in [2.45, 2.75) is 6.92 Å². The van der Waals surface area contributed by atoms with Gasteiger partial charge in [0.1, 0.15) is 11.6 Å². The Morgan fingerprint density at radius 1 is 1.44 bits per heavy atom. The van der Waals surface area contributed by atoms with Gasteiger partial charge in [-0.1, -0.05) is 0 Å². The standard InChI is InChI=1S/C11H9F2IO2/c1-2-16-10(15)4-3-7-5-8(12)11(14)9(13)6-7/h3-6H,2H2,1H3/b4-3+. The summed E-state index contributed by atoms with van der Waals surface area (Å²) in [5.74, 6) is -1.84. The normalized spacial score (nSPS) is 10.8. The predicted molar refractivity (Wildman–Crippen MR) is 64.7 cm³/mol. The van der Waals surface area contributed by atoms with E-state index in [9.17, 15) is 13.6 Å². The van der Waals surface area contributed by atoms with Crippen LogP contribution in [-0.4, -0.2) is 12.6 Å². The Labute approximate surface area is 105 Å². The van der Waals surface area contributed by atoms with E-state index in [0.29, 0.717) is 0 Å². The molecule has 0 heterocycles. The molecule has 0 aromatic heterocycles. The molecule has 1 aromatic rings. The monoisotopic (exact) mass is 338 g/mol. The maximum absolute atomic E-state index is 13.1. The number of benzene rings is 1. The molecule has 86 valence electrons. The van der Waals surface area contributed by atoms with E-state index >= 15 is 0 Å². The van der Waals surface area contributed by atoms with Crippen molar-refractivity contribution in [2.75, 3.05) is 6.61 Å². The summed E-state index contributed by atoms with van der Waals surface area (Å²) in [6.07, 6.45) is 2.44. The first-order chi connectivity index (χ1) is 7.54. The lowest BCUT2D eigenvalue weighted by atomic mass is 10.2. The number of esters is 1. The lowest BCUT2D eigenvalue weighted by Gasteiger charge is -1.99. The molecule has 1 rings (SSSR count). The van der Waals surface area contributed by atoms with Crippen molar-refractivity contribution in [1.29, 1.82) is 0 Å². The van der Waals surface area contributed by atoms with Crippen LogP contribution in [0.2, 0.25) is 0 Å². The van der Waals surface area contributed by atoms with Crippen molar-refractivity contribution >= 4 is 34.6 Å². The van der Waals surface area contributed by atoms with Gasteiger partial charge in [-0.05, 0) is 53.3 Å². The van der Waals surface area contributed by atoms with E-state index in [1.807, 2.05) is 0 Å². The third-order valence-electron chi connectivity index (χ3n) is 1.70. The number of carbonyl (C=O) groups is 1. The van der Waals surface area contributed by atoms with E-state index in [1.165, 1.54) is 6.08 Å². The third-order valence-corrected chi connectivity index (χ3v) is 2.74. The van der Waals surface area contributed by atoms with E-state index in [1.54, 1.807) is 29.5 Å². The number of halogens is 3. The summed E-state index contributed by atoms with van der Waals surface area (Å²) in [6, 6.07) is 2.31. The SMILES string of the molecule is CCOC(=O)/C=C/c1cc(F)c(I)c(F)c1. The molecule has 0 amide bonds. The Kier molecular flexibility index (Phi) is 4.85. The Bertz CT molecular complexity index is 407. The van der Waals surface area contributed by atoms with Crippen molar-refractivity contribution in [2.24, 2.45) is 0 Å². The predicted octanol–water partition coefficient (Wildman–Crippen LogP) is 3.15. The molecule has 0 radical (unpaired) electrons. The summed E-state index contributed by atoms with van der Waals surface area (Å²) < 4.78 is 30.8. The first-order valence-corrected chi connectivity index (χ1v) is 5.62. The highest BCUT2D eigenvalue weighted by molar-refractivity contribution is 14.1. The molecule has 0 fully saturated rings. The first kappa shape index (κ1) is 13.1. The summed E-state index contributed by atoms with van der Waals surface area (Å²) >= 11 is 1.57. The van der Waals surface area contributed by atoms with Gasteiger partial charge in [-0.15, -0.1) is 0 Å². The molecule has 0 saturated heterocycles. The fourth-order valence-corrected chi connectivity index (χ4v) is 1.34. The zero-order chi connectivity index (χ0) is 12.1. The minimum Gasteiger partial charge on any atom is -0.463 e. The molecule has 0 bridgehead atoms. The molecule has 16 heavy (non-hydrogen) atoms.